The number of aryl methyl sites for hydroxylation is 2. The summed E-state index contributed by atoms with van der Waals surface area (Å²) in [5.74, 6) is 2.84. The molecule has 1 fully saturated rings. The lowest BCUT2D eigenvalue weighted by molar-refractivity contribution is 0.565. The Hall–Kier alpha value is 0.330. The van der Waals surface area contributed by atoms with Crippen molar-refractivity contribution in [1.82, 2.24) is 9.78 Å². The molecule has 2 rings (SSSR count). The highest BCUT2D eigenvalue weighted by atomic mass is 79.9. The monoisotopic (exact) mass is 308 g/mol. The first-order valence-electron chi connectivity index (χ1n) is 4.99. The number of thioether (sulfide) groups is 1. The van der Waals surface area contributed by atoms with E-state index in [0.717, 1.165) is 22.3 Å². The van der Waals surface area contributed by atoms with Crippen LogP contribution in [0.15, 0.2) is 4.47 Å². The lowest BCUT2D eigenvalue weighted by atomic mass is 10.0. The first kappa shape index (κ1) is 11.8. The fourth-order valence-electron chi connectivity index (χ4n) is 1.91. The van der Waals surface area contributed by atoms with Gasteiger partial charge in [0.25, 0.3) is 0 Å². The van der Waals surface area contributed by atoms with E-state index in [-0.39, 0.29) is 0 Å². The van der Waals surface area contributed by atoms with E-state index in [1.807, 2.05) is 30.4 Å². The van der Waals surface area contributed by atoms with Gasteiger partial charge in [0.2, 0.25) is 0 Å². The molecule has 2 atom stereocenters. The van der Waals surface area contributed by atoms with Gasteiger partial charge < -0.3 is 0 Å². The van der Waals surface area contributed by atoms with Gasteiger partial charge in [0, 0.05) is 18.2 Å². The molecule has 1 aliphatic rings. The first-order valence-corrected chi connectivity index (χ1v) is 7.37. The standard InChI is InChI=1S/C10H14BrClN2S/c1-6-10(11)9(14(2)13-6)3-7-4-15-5-8(7)12/h7-8H,3-5H2,1-2H3. The van der Waals surface area contributed by atoms with E-state index in [2.05, 4.69) is 21.0 Å². The molecule has 0 spiro atoms. The number of rotatable bonds is 2. The van der Waals surface area contributed by atoms with Crippen LogP contribution in [-0.4, -0.2) is 26.7 Å². The van der Waals surface area contributed by atoms with E-state index in [4.69, 9.17) is 11.6 Å². The lowest BCUT2D eigenvalue weighted by Crippen LogP contribution is -2.16. The second-order valence-corrected chi connectivity index (χ2v) is 6.42. The first-order chi connectivity index (χ1) is 7.09. The summed E-state index contributed by atoms with van der Waals surface area (Å²) in [5, 5.41) is 4.71. The van der Waals surface area contributed by atoms with Gasteiger partial charge in [0.1, 0.15) is 0 Å². The van der Waals surface area contributed by atoms with Gasteiger partial charge in [-0.25, -0.2) is 0 Å². The summed E-state index contributed by atoms with van der Waals surface area (Å²) < 4.78 is 3.11. The van der Waals surface area contributed by atoms with Crippen LogP contribution in [0.5, 0.6) is 0 Å². The molecular weight excluding hydrogens is 296 g/mol. The van der Waals surface area contributed by atoms with Crippen LogP contribution in [-0.2, 0) is 13.5 Å². The van der Waals surface area contributed by atoms with Crippen LogP contribution in [0.3, 0.4) is 0 Å². The Morgan fingerprint density at radius 3 is 2.80 bits per heavy atom. The van der Waals surface area contributed by atoms with E-state index in [9.17, 15) is 0 Å². The number of nitrogens with zero attached hydrogens (tertiary/aromatic N) is 2. The van der Waals surface area contributed by atoms with E-state index >= 15 is 0 Å². The normalized spacial score (nSPS) is 26.1. The van der Waals surface area contributed by atoms with Gasteiger partial charge in [0.15, 0.2) is 0 Å². The summed E-state index contributed by atoms with van der Waals surface area (Å²) in [7, 11) is 2.00. The smallest absolute Gasteiger partial charge is 0.0738 e. The maximum Gasteiger partial charge on any atom is 0.0738 e. The zero-order chi connectivity index (χ0) is 11.0. The molecule has 0 saturated carbocycles. The van der Waals surface area contributed by atoms with E-state index < -0.39 is 0 Å². The van der Waals surface area contributed by atoms with Crippen molar-refractivity contribution in [3.8, 4) is 0 Å². The number of hydrogen-bond donors (Lipinski definition) is 0. The molecular formula is C10H14BrClN2S. The van der Waals surface area contributed by atoms with Gasteiger partial charge in [-0.1, -0.05) is 0 Å². The Balaban J connectivity index is 2.16. The van der Waals surface area contributed by atoms with Crippen molar-refractivity contribution in [2.24, 2.45) is 13.0 Å². The summed E-state index contributed by atoms with van der Waals surface area (Å²) >= 11 is 11.8. The summed E-state index contributed by atoms with van der Waals surface area (Å²) in [4.78, 5) is 0. The van der Waals surface area contributed by atoms with Crippen molar-refractivity contribution >= 4 is 39.3 Å². The molecule has 0 bridgehead atoms. The van der Waals surface area contributed by atoms with Crippen molar-refractivity contribution in [2.45, 2.75) is 18.7 Å². The second kappa shape index (κ2) is 4.68. The molecule has 0 N–H and O–H groups in total. The van der Waals surface area contributed by atoms with Gasteiger partial charge in [-0.3, -0.25) is 4.68 Å². The van der Waals surface area contributed by atoms with Gasteiger partial charge >= 0.3 is 0 Å². The van der Waals surface area contributed by atoms with Gasteiger partial charge in [-0.15, -0.1) is 11.6 Å². The van der Waals surface area contributed by atoms with Crippen molar-refractivity contribution in [1.29, 1.82) is 0 Å². The minimum Gasteiger partial charge on any atom is -0.271 e. The minimum absolute atomic E-state index is 0.317. The largest absolute Gasteiger partial charge is 0.271 e. The van der Waals surface area contributed by atoms with E-state index in [1.54, 1.807) is 0 Å². The van der Waals surface area contributed by atoms with Crippen LogP contribution >= 0.6 is 39.3 Å². The highest BCUT2D eigenvalue weighted by Crippen LogP contribution is 2.33. The average molecular weight is 310 g/mol. The van der Waals surface area contributed by atoms with Gasteiger partial charge in [-0.2, -0.15) is 16.9 Å². The van der Waals surface area contributed by atoms with Crippen LogP contribution < -0.4 is 0 Å². The Morgan fingerprint density at radius 1 is 1.60 bits per heavy atom. The molecule has 1 aromatic rings. The predicted molar refractivity (Wildman–Crippen MR) is 69.8 cm³/mol. The molecule has 2 nitrogen and oxygen atoms in total. The molecule has 1 aromatic heterocycles. The van der Waals surface area contributed by atoms with Gasteiger partial charge in [0.05, 0.1) is 15.9 Å². The average Bonchev–Trinajstić information content (AvgIpc) is 2.67. The minimum atomic E-state index is 0.317. The molecule has 0 radical (unpaired) electrons. The van der Waals surface area contributed by atoms with Crippen LogP contribution in [0.4, 0.5) is 0 Å². The molecule has 15 heavy (non-hydrogen) atoms. The third-order valence-corrected chi connectivity index (χ3v) is 5.82. The Labute approximate surface area is 108 Å². The maximum atomic E-state index is 6.27. The summed E-state index contributed by atoms with van der Waals surface area (Å²) in [6.45, 7) is 2.02. The third kappa shape index (κ3) is 2.37. The molecule has 1 saturated heterocycles. The molecule has 2 unspecified atom stereocenters. The number of halogens is 2. The summed E-state index contributed by atoms with van der Waals surface area (Å²) in [6.07, 6.45) is 1.03. The Bertz CT molecular complexity index is 367. The molecule has 2 heterocycles. The van der Waals surface area contributed by atoms with Crippen molar-refractivity contribution in [3.05, 3.63) is 15.9 Å². The molecule has 0 amide bonds. The van der Waals surface area contributed by atoms with Crippen molar-refractivity contribution in [2.75, 3.05) is 11.5 Å². The van der Waals surface area contributed by atoms with Crippen LogP contribution in [0, 0.1) is 12.8 Å². The highest BCUT2D eigenvalue weighted by molar-refractivity contribution is 9.10. The molecule has 0 aliphatic carbocycles. The maximum absolute atomic E-state index is 6.27. The Kier molecular flexibility index (Phi) is 3.68. The molecule has 0 aromatic carbocycles. The fourth-order valence-corrected chi connectivity index (χ4v) is 4.24. The zero-order valence-electron chi connectivity index (χ0n) is 8.83. The Morgan fingerprint density at radius 2 is 2.33 bits per heavy atom. The van der Waals surface area contributed by atoms with Gasteiger partial charge in [-0.05, 0) is 40.9 Å². The zero-order valence-corrected chi connectivity index (χ0v) is 12.0. The van der Waals surface area contributed by atoms with Crippen molar-refractivity contribution < 1.29 is 0 Å². The highest BCUT2D eigenvalue weighted by Gasteiger charge is 2.28. The van der Waals surface area contributed by atoms with Crippen LogP contribution in [0.25, 0.3) is 0 Å². The second-order valence-electron chi connectivity index (χ2n) is 3.99. The SMILES string of the molecule is Cc1nn(C)c(CC2CSCC2Cl)c1Br. The van der Waals surface area contributed by atoms with E-state index in [1.165, 1.54) is 11.4 Å². The summed E-state index contributed by atoms with van der Waals surface area (Å²) in [6, 6.07) is 0. The number of hydrogen-bond acceptors (Lipinski definition) is 2. The predicted octanol–water partition coefficient (Wildman–Crippen LogP) is 3.00. The summed E-state index contributed by atoms with van der Waals surface area (Å²) in [5.41, 5.74) is 2.33. The van der Waals surface area contributed by atoms with E-state index in [0.29, 0.717) is 11.3 Å². The molecule has 5 heteroatoms. The van der Waals surface area contributed by atoms with Crippen LogP contribution in [0.1, 0.15) is 11.4 Å². The molecule has 84 valence electrons. The van der Waals surface area contributed by atoms with Crippen molar-refractivity contribution in [3.63, 3.8) is 0 Å². The van der Waals surface area contributed by atoms with Crippen LogP contribution in [0.2, 0.25) is 0 Å². The molecule has 1 aliphatic heterocycles. The quantitative estimate of drug-likeness (QED) is 0.782. The third-order valence-electron chi connectivity index (χ3n) is 2.84. The lowest BCUT2D eigenvalue weighted by Gasteiger charge is -2.12. The topological polar surface area (TPSA) is 17.8 Å². The number of aromatic nitrogens is 2. The fraction of sp³-hybridized carbons (Fsp3) is 0.700. The number of alkyl halides is 1.